The van der Waals surface area contributed by atoms with Gasteiger partial charge in [-0.3, -0.25) is 4.79 Å². The first-order chi connectivity index (χ1) is 14.9. The Hall–Kier alpha value is -3.69. The molecule has 4 aromatic rings. The minimum Gasteiger partial charge on any atom is -0.497 e. The van der Waals surface area contributed by atoms with Crippen LogP contribution in [0.1, 0.15) is 31.9 Å². The summed E-state index contributed by atoms with van der Waals surface area (Å²) in [5.74, 6) is 0.510. The van der Waals surface area contributed by atoms with Gasteiger partial charge in [-0.2, -0.15) is 5.26 Å². The Morgan fingerprint density at radius 2 is 1.77 bits per heavy atom. The first kappa shape index (κ1) is 20.6. The van der Waals surface area contributed by atoms with Crippen LogP contribution in [0.4, 0.5) is 5.00 Å². The van der Waals surface area contributed by atoms with E-state index in [0.29, 0.717) is 16.1 Å². The van der Waals surface area contributed by atoms with Crippen molar-refractivity contribution in [2.75, 3.05) is 12.4 Å². The molecule has 0 radical (unpaired) electrons. The predicted octanol–water partition coefficient (Wildman–Crippen LogP) is 6.02. The van der Waals surface area contributed by atoms with Crippen LogP contribution in [0.5, 0.6) is 5.75 Å². The summed E-state index contributed by atoms with van der Waals surface area (Å²) in [6.45, 7) is 5.75. The number of hydrogen-bond donors (Lipinski definition) is 1. The average molecular weight is 428 g/mol. The number of rotatable bonds is 4. The van der Waals surface area contributed by atoms with Crippen molar-refractivity contribution in [2.45, 2.75) is 20.8 Å². The van der Waals surface area contributed by atoms with E-state index in [9.17, 15) is 10.1 Å². The van der Waals surface area contributed by atoms with Gasteiger partial charge in [-0.15, -0.1) is 11.3 Å². The van der Waals surface area contributed by atoms with E-state index >= 15 is 0 Å². The number of nitriles is 1. The van der Waals surface area contributed by atoms with Gasteiger partial charge >= 0.3 is 0 Å². The minimum atomic E-state index is -0.247. The molecule has 0 saturated heterocycles. The van der Waals surface area contributed by atoms with Crippen LogP contribution in [-0.2, 0) is 0 Å². The number of para-hydroxylation sites is 1. The molecule has 0 fully saturated rings. The number of fused-ring (bicyclic) bond motifs is 1. The summed E-state index contributed by atoms with van der Waals surface area (Å²) >= 11 is 1.42. The first-order valence-electron chi connectivity index (χ1n) is 9.79. The Morgan fingerprint density at radius 1 is 1.06 bits per heavy atom. The Kier molecular flexibility index (Phi) is 5.45. The molecule has 2 aromatic carbocycles. The second-order valence-electron chi connectivity index (χ2n) is 7.26. The van der Waals surface area contributed by atoms with Crippen LogP contribution in [0.2, 0.25) is 0 Å². The number of benzene rings is 2. The summed E-state index contributed by atoms with van der Waals surface area (Å²) < 4.78 is 5.26. The molecule has 1 amide bonds. The zero-order chi connectivity index (χ0) is 22.1. The number of pyridine rings is 1. The molecule has 6 heteroatoms. The highest BCUT2D eigenvalue weighted by molar-refractivity contribution is 7.16. The highest BCUT2D eigenvalue weighted by Crippen LogP contribution is 2.34. The number of anilines is 1. The van der Waals surface area contributed by atoms with E-state index in [1.54, 1.807) is 7.11 Å². The average Bonchev–Trinajstić information content (AvgIpc) is 3.05. The number of nitrogens with one attached hydrogen (secondary N) is 1. The van der Waals surface area contributed by atoms with Crippen LogP contribution in [0.25, 0.3) is 22.2 Å². The smallest absolute Gasteiger partial charge is 0.257 e. The van der Waals surface area contributed by atoms with Crippen LogP contribution < -0.4 is 10.1 Å². The van der Waals surface area contributed by atoms with Crippen LogP contribution in [0.3, 0.4) is 0 Å². The lowest BCUT2D eigenvalue weighted by atomic mass is 9.97. The maximum Gasteiger partial charge on any atom is 0.257 e. The number of carbonyl (C=O) groups is 1. The summed E-state index contributed by atoms with van der Waals surface area (Å²) in [5.41, 5.74) is 5.14. The second-order valence-corrected chi connectivity index (χ2v) is 8.48. The minimum absolute atomic E-state index is 0.247. The van der Waals surface area contributed by atoms with E-state index in [1.807, 2.05) is 69.3 Å². The number of methoxy groups -OCH3 is 1. The van der Waals surface area contributed by atoms with E-state index in [2.05, 4.69) is 11.4 Å². The molecule has 0 aliphatic rings. The van der Waals surface area contributed by atoms with Gasteiger partial charge in [-0.1, -0.05) is 18.2 Å². The summed E-state index contributed by atoms with van der Waals surface area (Å²) in [5, 5.41) is 13.9. The van der Waals surface area contributed by atoms with Gasteiger partial charge in [0.05, 0.1) is 29.4 Å². The van der Waals surface area contributed by atoms with Crippen molar-refractivity contribution in [1.82, 2.24) is 4.98 Å². The van der Waals surface area contributed by atoms with Gasteiger partial charge in [0.25, 0.3) is 5.91 Å². The fourth-order valence-electron chi connectivity index (χ4n) is 3.65. The van der Waals surface area contributed by atoms with E-state index in [0.717, 1.165) is 43.9 Å². The van der Waals surface area contributed by atoms with Crippen LogP contribution in [0, 0.1) is 32.1 Å². The fraction of sp³-hybridized carbons (Fsp3) is 0.160. The largest absolute Gasteiger partial charge is 0.497 e. The highest BCUT2D eigenvalue weighted by Gasteiger charge is 2.21. The van der Waals surface area contributed by atoms with E-state index in [-0.39, 0.29) is 5.91 Å². The number of thiophene rings is 1. The third-order valence-corrected chi connectivity index (χ3v) is 6.57. The lowest BCUT2D eigenvalue weighted by Crippen LogP contribution is -2.15. The number of hydrogen-bond acceptors (Lipinski definition) is 5. The van der Waals surface area contributed by atoms with Crippen molar-refractivity contribution in [1.29, 1.82) is 5.26 Å². The molecule has 2 aromatic heterocycles. The van der Waals surface area contributed by atoms with Crippen molar-refractivity contribution >= 4 is 33.1 Å². The Bertz CT molecular complexity index is 1350. The number of amides is 1. The standard InChI is InChI=1S/C25H21N3O2S/c1-14-16(3)31-25(20(14)13-26)28-24(29)22-15(2)23(17-9-11-18(30-4)12-10-17)27-21-8-6-5-7-19(21)22/h5-12H,1-4H3,(H,28,29). The zero-order valence-electron chi connectivity index (χ0n) is 17.7. The molecule has 0 saturated carbocycles. The maximum absolute atomic E-state index is 13.5. The number of aryl methyl sites for hydroxylation is 1. The lowest BCUT2D eigenvalue weighted by Gasteiger charge is -2.15. The predicted molar refractivity (Wildman–Crippen MR) is 125 cm³/mol. The Labute approximate surface area is 184 Å². The molecule has 1 N–H and O–H groups in total. The Balaban J connectivity index is 1.86. The molecule has 0 atom stereocenters. The highest BCUT2D eigenvalue weighted by atomic mass is 32.1. The number of nitrogens with zero attached hydrogens (tertiary/aromatic N) is 2. The molecular formula is C25H21N3O2S. The molecule has 0 aliphatic heterocycles. The molecule has 154 valence electrons. The van der Waals surface area contributed by atoms with Gasteiger partial charge in [-0.05, 0) is 62.2 Å². The van der Waals surface area contributed by atoms with Crippen molar-refractivity contribution in [3.8, 4) is 23.1 Å². The van der Waals surface area contributed by atoms with Crippen molar-refractivity contribution in [2.24, 2.45) is 0 Å². The van der Waals surface area contributed by atoms with E-state index in [1.165, 1.54) is 11.3 Å². The topological polar surface area (TPSA) is 75.0 Å². The van der Waals surface area contributed by atoms with Gasteiger partial charge in [0.1, 0.15) is 16.8 Å². The quantitative estimate of drug-likeness (QED) is 0.432. The molecule has 0 aliphatic carbocycles. The van der Waals surface area contributed by atoms with Crippen molar-refractivity contribution < 1.29 is 9.53 Å². The van der Waals surface area contributed by atoms with Gasteiger partial charge in [0.2, 0.25) is 0 Å². The van der Waals surface area contributed by atoms with Crippen LogP contribution in [0.15, 0.2) is 48.5 Å². The van der Waals surface area contributed by atoms with E-state index in [4.69, 9.17) is 9.72 Å². The van der Waals surface area contributed by atoms with Gasteiger partial charge < -0.3 is 10.1 Å². The van der Waals surface area contributed by atoms with E-state index < -0.39 is 0 Å². The monoisotopic (exact) mass is 427 g/mol. The molecule has 2 heterocycles. The third-order valence-electron chi connectivity index (χ3n) is 5.45. The van der Waals surface area contributed by atoms with Crippen LogP contribution in [-0.4, -0.2) is 18.0 Å². The summed E-state index contributed by atoms with van der Waals surface area (Å²) in [4.78, 5) is 19.3. The zero-order valence-corrected chi connectivity index (χ0v) is 18.6. The van der Waals surface area contributed by atoms with Gasteiger partial charge in [-0.25, -0.2) is 4.98 Å². The summed E-state index contributed by atoms with van der Waals surface area (Å²) in [6, 6.07) is 17.4. The normalized spacial score (nSPS) is 10.7. The maximum atomic E-state index is 13.5. The van der Waals surface area contributed by atoms with Crippen molar-refractivity contribution in [3.63, 3.8) is 0 Å². The molecule has 0 spiro atoms. The third kappa shape index (κ3) is 3.65. The molecule has 0 bridgehead atoms. The number of aromatic nitrogens is 1. The van der Waals surface area contributed by atoms with Crippen LogP contribution >= 0.6 is 11.3 Å². The molecular weight excluding hydrogens is 406 g/mol. The number of carbonyl (C=O) groups excluding carboxylic acids is 1. The first-order valence-corrected chi connectivity index (χ1v) is 10.6. The van der Waals surface area contributed by atoms with Crippen molar-refractivity contribution in [3.05, 3.63) is 75.7 Å². The summed E-state index contributed by atoms with van der Waals surface area (Å²) in [7, 11) is 1.63. The fourth-order valence-corrected chi connectivity index (χ4v) is 4.65. The summed E-state index contributed by atoms with van der Waals surface area (Å²) in [6.07, 6.45) is 0. The number of ether oxygens (including phenoxy) is 1. The lowest BCUT2D eigenvalue weighted by molar-refractivity contribution is 0.102. The Morgan fingerprint density at radius 3 is 2.45 bits per heavy atom. The van der Waals surface area contributed by atoms with Gasteiger partial charge in [0.15, 0.2) is 0 Å². The molecule has 5 nitrogen and oxygen atoms in total. The van der Waals surface area contributed by atoms with Gasteiger partial charge in [0, 0.05) is 15.8 Å². The SMILES string of the molecule is COc1ccc(-c2nc3ccccc3c(C(=O)Nc3sc(C)c(C)c3C#N)c2C)cc1. The molecule has 31 heavy (non-hydrogen) atoms. The second kappa shape index (κ2) is 8.21. The molecule has 4 rings (SSSR count). The molecule has 0 unspecified atom stereocenters.